The standard InChI is InChI=1S/C23H34N4O3/c1-3-4-5-9-14-29-23(28)25-17-22-20(16-26-27(22)2)21-13-12-19(15-24-21)30-18-10-7-6-8-11-18/h12-13,15-16,18H,3-11,14,17H2,1-2H3,(H,25,28). The van der Waals surface area contributed by atoms with Crippen LogP contribution in [0, 0.1) is 0 Å². The molecule has 0 bridgehead atoms. The SMILES string of the molecule is CCCCCCOC(=O)NCc1c(-c2ccc(OC3CCCCC3)cn2)cnn1C. The average Bonchev–Trinajstić information content (AvgIpc) is 3.14. The summed E-state index contributed by atoms with van der Waals surface area (Å²) in [5, 5.41) is 7.15. The van der Waals surface area contributed by atoms with E-state index in [4.69, 9.17) is 9.47 Å². The molecule has 0 radical (unpaired) electrons. The fraction of sp³-hybridized carbons (Fsp3) is 0.609. The molecule has 7 nitrogen and oxygen atoms in total. The summed E-state index contributed by atoms with van der Waals surface area (Å²) in [6.07, 6.45) is 13.8. The number of carbonyl (C=O) groups is 1. The van der Waals surface area contributed by atoms with Crippen LogP contribution in [0.5, 0.6) is 5.75 Å². The third-order valence-corrected chi connectivity index (χ3v) is 5.56. The predicted molar refractivity (Wildman–Crippen MR) is 116 cm³/mol. The van der Waals surface area contributed by atoms with Crippen molar-refractivity contribution in [3.05, 3.63) is 30.2 Å². The molecule has 1 aliphatic rings. The largest absolute Gasteiger partial charge is 0.489 e. The van der Waals surface area contributed by atoms with Gasteiger partial charge in [-0.05, 0) is 44.2 Å². The Labute approximate surface area is 179 Å². The van der Waals surface area contributed by atoms with E-state index in [1.54, 1.807) is 17.1 Å². The van der Waals surface area contributed by atoms with Gasteiger partial charge in [-0.15, -0.1) is 0 Å². The van der Waals surface area contributed by atoms with Gasteiger partial charge in [0.05, 0.1) is 43.0 Å². The molecule has 1 amide bonds. The molecule has 3 rings (SSSR count). The van der Waals surface area contributed by atoms with E-state index in [0.717, 1.165) is 54.8 Å². The summed E-state index contributed by atoms with van der Waals surface area (Å²) in [7, 11) is 1.86. The van der Waals surface area contributed by atoms with Crippen molar-refractivity contribution in [1.29, 1.82) is 0 Å². The zero-order chi connectivity index (χ0) is 21.2. The van der Waals surface area contributed by atoms with E-state index < -0.39 is 6.09 Å². The number of amides is 1. The highest BCUT2D eigenvalue weighted by Crippen LogP contribution is 2.26. The van der Waals surface area contributed by atoms with Crippen molar-refractivity contribution in [2.45, 2.75) is 77.4 Å². The van der Waals surface area contributed by atoms with Gasteiger partial charge in [-0.1, -0.05) is 32.6 Å². The van der Waals surface area contributed by atoms with Crippen LogP contribution >= 0.6 is 0 Å². The molecular weight excluding hydrogens is 380 g/mol. The van der Waals surface area contributed by atoms with Crippen LogP contribution in [0.3, 0.4) is 0 Å². The number of rotatable bonds is 10. The smallest absolute Gasteiger partial charge is 0.407 e. The number of alkyl carbamates (subject to hydrolysis) is 1. The number of unbranched alkanes of at least 4 members (excludes halogenated alkanes) is 3. The van der Waals surface area contributed by atoms with Gasteiger partial charge in [0.15, 0.2) is 0 Å². The number of nitrogens with one attached hydrogen (secondary N) is 1. The lowest BCUT2D eigenvalue weighted by molar-refractivity contribution is 0.143. The first kappa shape index (κ1) is 22.1. The summed E-state index contributed by atoms with van der Waals surface area (Å²) in [5.74, 6) is 0.806. The van der Waals surface area contributed by atoms with Crippen LogP contribution in [0.15, 0.2) is 24.5 Å². The lowest BCUT2D eigenvalue weighted by atomic mass is 9.98. The Kier molecular flexibility index (Phi) is 8.53. The second kappa shape index (κ2) is 11.6. The second-order valence-corrected chi connectivity index (χ2v) is 7.94. The van der Waals surface area contributed by atoms with Gasteiger partial charge < -0.3 is 14.8 Å². The first-order valence-corrected chi connectivity index (χ1v) is 11.2. The molecule has 2 heterocycles. The highest BCUT2D eigenvalue weighted by molar-refractivity contribution is 5.68. The lowest BCUT2D eigenvalue weighted by Gasteiger charge is -2.22. The highest BCUT2D eigenvalue weighted by atomic mass is 16.5. The molecule has 0 atom stereocenters. The number of pyridine rings is 1. The fourth-order valence-electron chi connectivity index (χ4n) is 3.77. The Bertz CT molecular complexity index is 782. The van der Waals surface area contributed by atoms with Gasteiger partial charge in [0, 0.05) is 12.6 Å². The van der Waals surface area contributed by atoms with Crippen molar-refractivity contribution in [3.8, 4) is 17.0 Å². The molecule has 0 aromatic carbocycles. The molecule has 1 aliphatic carbocycles. The number of hydrogen-bond donors (Lipinski definition) is 1. The number of nitrogens with zero attached hydrogens (tertiary/aromatic N) is 3. The molecule has 0 saturated heterocycles. The summed E-state index contributed by atoms with van der Waals surface area (Å²) in [6.45, 7) is 2.95. The molecule has 1 fully saturated rings. The zero-order valence-electron chi connectivity index (χ0n) is 18.2. The van der Waals surface area contributed by atoms with Crippen LogP contribution in [-0.4, -0.2) is 33.6 Å². The van der Waals surface area contributed by atoms with Gasteiger partial charge >= 0.3 is 6.09 Å². The van der Waals surface area contributed by atoms with E-state index in [1.807, 2.05) is 19.2 Å². The van der Waals surface area contributed by atoms with Crippen LogP contribution in [0.25, 0.3) is 11.3 Å². The fourth-order valence-corrected chi connectivity index (χ4v) is 3.77. The third kappa shape index (κ3) is 6.47. The van der Waals surface area contributed by atoms with Crippen LogP contribution in [0.2, 0.25) is 0 Å². The minimum Gasteiger partial charge on any atom is -0.489 e. The van der Waals surface area contributed by atoms with Crippen LogP contribution in [0.4, 0.5) is 4.79 Å². The molecule has 164 valence electrons. The van der Waals surface area contributed by atoms with Gasteiger partial charge in [-0.3, -0.25) is 9.67 Å². The first-order valence-electron chi connectivity index (χ1n) is 11.2. The Morgan fingerprint density at radius 2 is 2.00 bits per heavy atom. The average molecular weight is 415 g/mol. The number of aromatic nitrogens is 3. The number of carbonyl (C=O) groups excluding carboxylic acids is 1. The third-order valence-electron chi connectivity index (χ3n) is 5.56. The maximum atomic E-state index is 12.0. The lowest BCUT2D eigenvalue weighted by Crippen LogP contribution is -2.25. The molecule has 30 heavy (non-hydrogen) atoms. The maximum absolute atomic E-state index is 12.0. The van der Waals surface area contributed by atoms with E-state index >= 15 is 0 Å². The Balaban J connectivity index is 1.53. The van der Waals surface area contributed by atoms with E-state index in [1.165, 1.54) is 25.7 Å². The van der Waals surface area contributed by atoms with Gasteiger partial charge in [0.2, 0.25) is 0 Å². The topological polar surface area (TPSA) is 78.3 Å². The van der Waals surface area contributed by atoms with Gasteiger partial charge in [0.1, 0.15) is 5.75 Å². The van der Waals surface area contributed by atoms with Crippen molar-refractivity contribution >= 4 is 6.09 Å². The number of ether oxygens (including phenoxy) is 2. The predicted octanol–water partition coefficient (Wildman–Crippen LogP) is 5.00. The summed E-state index contributed by atoms with van der Waals surface area (Å²) >= 11 is 0. The maximum Gasteiger partial charge on any atom is 0.407 e. The molecule has 0 spiro atoms. The molecule has 0 unspecified atom stereocenters. The quantitative estimate of drug-likeness (QED) is 0.554. The number of hydrogen-bond acceptors (Lipinski definition) is 5. The first-order chi connectivity index (χ1) is 14.7. The minimum atomic E-state index is -0.400. The van der Waals surface area contributed by atoms with E-state index in [9.17, 15) is 4.79 Å². The summed E-state index contributed by atoms with van der Waals surface area (Å²) < 4.78 is 13.1. The van der Waals surface area contributed by atoms with Gasteiger partial charge in [-0.25, -0.2) is 4.79 Å². The molecule has 1 N–H and O–H groups in total. The van der Waals surface area contributed by atoms with Crippen molar-refractivity contribution < 1.29 is 14.3 Å². The molecule has 1 saturated carbocycles. The van der Waals surface area contributed by atoms with E-state index in [-0.39, 0.29) is 0 Å². The molecular formula is C23H34N4O3. The van der Waals surface area contributed by atoms with E-state index in [0.29, 0.717) is 19.3 Å². The van der Waals surface area contributed by atoms with Crippen molar-refractivity contribution in [2.75, 3.05) is 6.61 Å². The molecule has 7 heteroatoms. The van der Waals surface area contributed by atoms with Crippen molar-refractivity contribution in [3.63, 3.8) is 0 Å². The van der Waals surface area contributed by atoms with Crippen molar-refractivity contribution in [1.82, 2.24) is 20.1 Å². The van der Waals surface area contributed by atoms with Gasteiger partial charge in [-0.2, -0.15) is 5.10 Å². The summed E-state index contributed by atoms with van der Waals surface area (Å²) in [5.41, 5.74) is 2.58. The monoisotopic (exact) mass is 414 g/mol. The second-order valence-electron chi connectivity index (χ2n) is 7.94. The molecule has 2 aromatic heterocycles. The molecule has 0 aliphatic heterocycles. The number of aryl methyl sites for hydroxylation is 1. The van der Waals surface area contributed by atoms with E-state index in [2.05, 4.69) is 22.3 Å². The van der Waals surface area contributed by atoms with Gasteiger partial charge in [0.25, 0.3) is 0 Å². The van der Waals surface area contributed by atoms with Crippen LogP contribution < -0.4 is 10.1 Å². The summed E-state index contributed by atoms with van der Waals surface area (Å²) in [6, 6.07) is 3.91. The summed E-state index contributed by atoms with van der Waals surface area (Å²) in [4.78, 5) is 16.5. The molecule has 2 aromatic rings. The Morgan fingerprint density at radius 3 is 2.73 bits per heavy atom. The zero-order valence-corrected chi connectivity index (χ0v) is 18.2. The normalized spacial score (nSPS) is 14.5. The van der Waals surface area contributed by atoms with Crippen LogP contribution in [-0.2, 0) is 18.3 Å². The Morgan fingerprint density at radius 1 is 1.17 bits per heavy atom. The Hall–Kier alpha value is -2.57. The minimum absolute atomic E-state index is 0.303. The van der Waals surface area contributed by atoms with Crippen molar-refractivity contribution in [2.24, 2.45) is 7.05 Å². The highest BCUT2D eigenvalue weighted by Gasteiger charge is 2.16. The van der Waals surface area contributed by atoms with Crippen LogP contribution in [0.1, 0.15) is 70.4 Å².